The Kier molecular flexibility index (Phi) is 4.62. The summed E-state index contributed by atoms with van der Waals surface area (Å²) in [5, 5.41) is 26.2. The van der Waals surface area contributed by atoms with Crippen molar-refractivity contribution in [1.82, 2.24) is 0 Å². The van der Waals surface area contributed by atoms with Crippen LogP contribution in [0.4, 0.5) is 0 Å². The highest BCUT2D eigenvalue weighted by atomic mass is 16.3. The lowest BCUT2D eigenvalue weighted by molar-refractivity contribution is 0.465. The van der Waals surface area contributed by atoms with Crippen molar-refractivity contribution in [3.05, 3.63) is 97.1 Å². The van der Waals surface area contributed by atoms with Crippen molar-refractivity contribution in [2.24, 2.45) is 0 Å². The third-order valence-electron chi connectivity index (χ3n) is 5.18. The molecular formula is C26H22O2. The second-order valence-corrected chi connectivity index (χ2v) is 6.95. The van der Waals surface area contributed by atoms with Gasteiger partial charge in [0, 0.05) is 11.1 Å². The minimum Gasteiger partial charge on any atom is -0.507 e. The van der Waals surface area contributed by atoms with Crippen molar-refractivity contribution in [2.45, 2.75) is 12.8 Å². The number of benzene rings is 4. The second-order valence-electron chi connectivity index (χ2n) is 6.95. The van der Waals surface area contributed by atoms with Gasteiger partial charge in [0.25, 0.3) is 0 Å². The van der Waals surface area contributed by atoms with Crippen LogP contribution in [0, 0.1) is 0 Å². The van der Waals surface area contributed by atoms with E-state index in [0.717, 1.165) is 32.7 Å². The third kappa shape index (κ3) is 2.84. The van der Waals surface area contributed by atoms with Crippen molar-refractivity contribution in [2.75, 3.05) is 0 Å². The molecule has 0 radical (unpaired) electrons. The van der Waals surface area contributed by atoms with Gasteiger partial charge in [0.15, 0.2) is 0 Å². The van der Waals surface area contributed by atoms with Crippen LogP contribution in [0.5, 0.6) is 11.5 Å². The van der Waals surface area contributed by atoms with Gasteiger partial charge in [-0.05, 0) is 57.6 Å². The Morgan fingerprint density at radius 3 is 1.43 bits per heavy atom. The maximum absolute atomic E-state index is 11.2. The summed E-state index contributed by atoms with van der Waals surface area (Å²) >= 11 is 0. The maximum atomic E-state index is 11.2. The van der Waals surface area contributed by atoms with Crippen LogP contribution in [0.2, 0.25) is 0 Å². The molecule has 2 N–H and O–H groups in total. The Labute approximate surface area is 164 Å². The van der Waals surface area contributed by atoms with E-state index >= 15 is 0 Å². The van der Waals surface area contributed by atoms with Gasteiger partial charge in [-0.25, -0.2) is 0 Å². The fourth-order valence-electron chi connectivity index (χ4n) is 3.92. The van der Waals surface area contributed by atoms with E-state index in [0.29, 0.717) is 24.0 Å². The summed E-state index contributed by atoms with van der Waals surface area (Å²) in [7, 11) is 0. The van der Waals surface area contributed by atoms with E-state index < -0.39 is 0 Å². The molecule has 0 saturated carbocycles. The molecular weight excluding hydrogens is 344 g/mol. The summed E-state index contributed by atoms with van der Waals surface area (Å²) in [5.41, 5.74) is 2.91. The molecule has 4 rings (SSSR count). The zero-order chi connectivity index (χ0) is 19.7. The van der Waals surface area contributed by atoms with E-state index in [1.54, 1.807) is 12.2 Å². The van der Waals surface area contributed by atoms with Crippen molar-refractivity contribution in [1.29, 1.82) is 0 Å². The van der Waals surface area contributed by atoms with Crippen LogP contribution < -0.4 is 0 Å². The van der Waals surface area contributed by atoms with E-state index in [-0.39, 0.29) is 11.5 Å². The van der Waals surface area contributed by atoms with Crippen molar-refractivity contribution in [3.63, 3.8) is 0 Å². The van der Waals surface area contributed by atoms with Crippen LogP contribution >= 0.6 is 0 Å². The van der Waals surface area contributed by atoms with Gasteiger partial charge >= 0.3 is 0 Å². The maximum Gasteiger partial charge on any atom is 0.127 e. The molecule has 0 aliphatic rings. The lowest BCUT2D eigenvalue weighted by Gasteiger charge is -2.18. The Morgan fingerprint density at radius 1 is 0.643 bits per heavy atom. The minimum atomic E-state index is 0.190. The first-order valence-electron chi connectivity index (χ1n) is 9.35. The SMILES string of the molecule is C=CCc1cc2ccccc2c(-c2c(O)c(CC=C)cc3ccccc23)c1O. The van der Waals surface area contributed by atoms with Crippen LogP contribution in [0.1, 0.15) is 11.1 Å². The number of phenols is 2. The smallest absolute Gasteiger partial charge is 0.127 e. The molecule has 28 heavy (non-hydrogen) atoms. The van der Waals surface area contributed by atoms with Crippen LogP contribution in [-0.2, 0) is 12.8 Å². The Bertz CT molecular complexity index is 1120. The predicted octanol–water partition coefficient (Wildman–Crippen LogP) is 6.53. The van der Waals surface area contributed by atoms with Crippen LogP contribution in [0.15, 0.2) is 86.0 Å². The highest BCUT2D eigenvalue weighted by Crippen LogP contribution is 2.47. The molecule has 0 unspecified atom stereocenters. The molecule has 0 fully saturated rings. The molecule has 0 bridgehead atoms. The van der Waals surface area contributed by atoms with Gasteiger partial charge in [-0.3, -0.25) is 0 Å². The normalized spacial score (nSPS) is 11.0. The molecule has 2 heteroatoms. The zero-order valence-corrected chi connectivity index (χ0v) is 15.7. The van der Waals surface area contributed by atoms with Gasteiger partial charge in [-0.1, -0.05) is 60.7 Å². The Morgan fingerprint density at radius 2 is 1.04 bits per heavy atom. The van der Waals surface area contributed by atoms with Crippen LogP contribution in [-0.4, -0.2) is 10.2 Å². The molecule has 0 aromatic heterocycles. The molecule has 4 aromatic carbocycles. The molecule has 0 aliphatic carbocycles. The fourth-order valence-corrected chi connectivity index (χ4v) is 3.92. The first kappa shape index (κ1) is 17.9. The summed E-state index contributed by atoms with van der Waals surface area (Å²) in [6.45, 7) is 7.63. The van der Waals surface area contributed by atoms with Gasteiger partial charge in [0.2, 0.25) is 0 Å². The average molecular weight is 366 g/mol. The standard InChI is InChI=1S/C26H22O2/c1-3-9-19-15-17-11-5-7-13-21(17)23(25(19)27)24-22-14-8-6-12-18(22)16-20(10-4-2)26(24)28/h3-8,11-16,27-28H,1-2,9-10H2. The van der Waals surface area contributed by atoms with E-state index in [9.17, 15) is 10.2 Å². The largest absolute Gasteiger partial charge is 0.507 e. The number of hydrogen-bond acceptors (Lipinski definition) is 2. The van der Waals surface area contributed by atoms with Crippen molar-refractivity contribution < 1.29 is 10.2 Å². The molecule has 0 saturated heterocycles. The molecule has 2 nitrogen and oxygen atoms in total. The Hall–Kier alpha value is -3.52. The number of aromatic hydroxyl groups is 2. The lowest BCUT2D eigenvalue weighted by atomic mass is 9.88. The minimum absolute atomic E-state index is 0.190. The van der Waals surface area contributed by atoms with Gasteiger partial charge in [-0.15, -0.1) is 13.2 Å². The topological polar surface area (TPSA) is 40.5 Å². The second kappa shape index (κ2) is 7.24. The summed E-state index contributed by atoms with van der Waals surface area (Å²) in [6, 6.07) is 19.9. The summed E-state index contributed by atoms with van der Waals surface area (Å²) in [4.78, 5) is 0. The van der Waals surface area contributed by atoms with Crippen LogP contribution in [0.25, 0.3) is 32.7 Å². The monoisotopic (exact) mass is 366 g/mol. The Balaban J connectivity index is 2.20. The fraction of sp³-hybridized carbons (Fsp3) is 0.0769. The summed E-state index contributed by atoms with van der Waals surface area (Å²) in [6.07, 6.45) is 4.66. The number of rotatable bonds is 5. The summed E-state index contributed by atoms with van der Waals surface area (Å²) in [5.74, 6) is 0.379. The number of hydrogen-bond donors (Lipinski definition) is 2. The summed E-state index contributed by atoms with van der Waals surface area (Å²) < 4.78 is 0. The first-order valence-corrected chi connectivity index (χ1v) is 9.35. The van der Waals surface area contributed by atoms with E-state index in [2.05, 4.69) is 13.2 Å². The first-order chi connectivity index (χ1) is 13.7. The molecule has 0 spiro atoms. The zero-order valence-electron chi connectivity index (χ0n) is 15.7. The van der Waals surface area contributed by atoms with E-state index in [4.69, 9.17) is 0 Å². The number of fused-ring (bicyclic) bond motifs is 2. The molecule has 0 amide bonds. The highest BCUT2D eigenvalue weighted by molar-refractivity contribution is 6.10. The molecule has 0 aliphatic heterocycles. The van der Waals surface area contributed by atoms with E-state index in [1.165, 1.54) is 0 Å². The van der Waals surface area contributed by atoms with E-state index in [1.807, 2.05) is 60.7 Å². The van der Waals surface area contributed by atoms with Gasteiger partial charge < -0.3 is 10.2 Å². The van der Waals surface area contributed by atoms with Crippen molar-refractivity contribution >= 4 is 21.5 Å². The number of phenolic OH excluding ortho intramolecular Hbond substituents is 2. The molecule has 0 heterocycles. The van der Waals surface area contributed by atoms with Gasteiger partial charge in [-0.2, -0.15) is 0 Å². The van der Waals surface area contributed by atoms with Gasteiger partial charge in [0.1, 0.15) is 11.5 Å². The lowest BCUT2D eigenvalue weighted by Crippen LogP contribution is -1.94. The molecule has 0 atom stereocenters. The third-order valence-corrected chi connectivity index (χ3v) is 5.18. The molecule has 4 aromatic rings. The average Bonchev–Trinajstić information content (AvgIpc) is 2.71. The quantitative estimate of drug-likeness (QED) is 0.394. The molecule has 138 valence electrons. The van der Waals surface area contributed by atoms with Crippen molar-refractivity contribution in [3.8, 4) is 22.6 Å². The number of allylic oxidation sites excluding steroid dienone is 2. The van der Waals surface area contributed by atoms with Crippen LogP contribution in [0.3, 0.4) is 0 Å². The predicted molar refractivity (Wildman–Crippen MR) is 118 cm³/mol. The highest BCUT2D eigenvalue weighted by Gasteiger charge is 2.21. The van der Waals surface area contributed by atoms with Gasteiger partial charge in [0.05, 0.1) is 0 Å².